The molecule has 13 heteroatoms. The number of thiazole rings is 1. The molecular formula is C33H30BrN3O8S. The van der Waals surface area contributed by atoms with Crippen LogP contribution in [0.3, 0.4) is 0 Å². The maximum absolute atomic E-state index is 14.0. The quantitative estimate of drug-likeness (QED) is 0.114. The summed E-state index contributed by atoms with van der Waals surface area (Å²) in [4.78, 5) is 42.8. The zero-order valence-corrected chi connectivity index (χ0v) is 27.8. The Bertz CT molecular complexity index is 2000. The summed E-state index contributed by atoms with van der Waals surface area (Å²) < 4.78 is 25.1. The van der Waals surface area contributed by atoms with Crippen LogP contribution in [0.15, 0.2) is 86.2 Å². The third kappa shape index (κ3) is 6.75. The standard InChI is InChI=1S/C33H30BrN3O8S/c1-5-43-27-17-25(34)24(16-26(27)42-4)30-29(32(39)44-6-2)19(3)35-33-36(30)31(38)28(46-33)15-20-9-13-23(14-10-20)45-18-21-7-11-22(12-8-21)37(40)41/h7-17,30H,5-6,18H2,1-4H3/b28-15+/t30-/m1/s1. The van der Waals surface area contributed by atoms with Crippen molar-refractivity contribution in [1.29, 1.82) is 0 Å². The molecule has 3 aromatic carbocycles. The number of allylic oxidation sites excluding steroid dienone is 1. The third-order valence-electron chi connectivity index (χ3n) is 7.12. The first kappa shape index (κ1) is 32.6. The lowest BCUT2D eigenvalue weighted by Crippen LogP contribution is -2.40. The second-order valence-corrected chi connectivity index (χ2v) is 11.9. The molecule has 0 fully saturated rings. The van der Waals surface area contributed by atoms with Crippen molar-refractivity contribution in [2.24, 2.45) is 4.99 Å². The van der Waals surface area contributed by atoms with E-state index in [1.54, 1.807) is 56.3 Å². The molecular weight excluding hydrogens is 678 g/mol. The Morgan fingerprint density at radius 2 is 1.78 bits per heavy atom. The number of nitro benzene ring substituents is 1. The van der Waals surface area contributed by atoms with Crippen LogP contribution in [0.1, 0.15) is 43.5 Å². The molecule has 11 nitrogen and oxygen atoms in total. The zero-order valence-electron chi connectivity index (χ0n) is 25.4. The Kier molecular flexibility index (Phi) is 10.0. The van der Waals surface area contributed by atoms with E-state index in [0.717, 1.165) is 11.1 Å². The number of halogens is 1. The van der Waals surface area contributed by atoms with Crippen molar-refractivity contribution in [3.8, 4) is 17.2 Å². The fraction of sp³-hybridized carbons (Fsp3) is 0.242. The van der Waals surface area contributed by atoms with Gasteiger partial charge in [-0.05, 0) is 79.9 Å². The number of rotatable bonds is 11. The van der Waals surface area contributed by atoms with Crippen LogP contribution in [0.25, 0.3) is 6.08 Å². The first-order valence-corrected chi connectivity index (χ1v) is 15.9. The molecule has 0 amide bonds. The SMILES string of the molecule is CCOC(=O)C1=C(C)N=c2s/c(=C/c3ccc(OCc4ccc([N+](=O)[O-])cc4)cc3)c(=O)n2[C@@H]1c1cc(OC)c(OCC)cc1Br. The van der Waals surface area contributed by atoms with Crippen molar-refractivity contribution in [2.75, 3.05) is 20.3 Å². The van der Waals surface area contributed by atoms with Crippen LogP contribution in [0.2, 0.25) is 0 Å². The highest BCUT2D eigenvalue weighted by molar-refractivity contribution is 9.10. The van der Waals surface area contributed by atoms with Crippen molar-refractivity contribution >= 4 is 45.0 Å². The molecule has 0 saturated carbocycles. The average Bonchev–Trinajstić information content (AvgIpc) is 3.34. The number of carbonyl (C=O) groups excluding carboxylic acids is 1. The Labute approximate surface area is 276 Å². The maximum Gasteiger partial charge on any atom is 0.338 e. The topological polar surface area (TPSA) is 131 Å². The number of benzene rings is 3. The van der Waals surface area contributed by atoms with E-state index in [0.29, 0.717) is 48.9 Å². The van der Waals surface area contributed by atoms with Crippen molar-refractivity contribution in [2.45, 2.75) is 33.4 Å². The van der Waals surface area contributed by atoms with E-state index in [-0.39, 0.29) is 30.0 Å². The number of methoxy groups -OCH3 is 1. The van der Waals surface area contributed by atoms with E-state index >= 15 is 0 Å². The monoisotopic (exact) mass is 707 g/mol. The van der Waals surface area contributed by atoms with E-state index in [2.05, 4.69) is 20.9 Å². The van der Waals surface area contributed by atoms with E-state index < -0.39 is 16.9 Å². The lowest BCUT2D eigenvalue weighted by molar-refractivity contribution is -0.384. The van der Waals surface area contributed by atoms with Gasteiger partial charge in [0.2, 0.25) is 0 Å². The summed E-state index contributed by atoms with van der Waals surface area (Å²) in [6.45, 7) is 6.15. The minimum atomic E-state index is -0.841. The van der Waals surface area contributed by atoms with Gasteiger partial charge in [0, 0.05) is 16.6 Å². The predicted octanol–water partition coefficient (Wildman–Crippen LogP) is 5.46. The minimum absolute atomic E-state index is 0.0174. The number of aromatic nitrogens is 1. The Balaban J connectivity index is 1.51. The smallest absolute Gasteiger partial charge is 0.338 e. The van der Waals surface area contributed by atoms with Gasteiger partial charge in [0.1, 0.15) is 12.4 Å². The number of esters is 1. The fourth-order valence-corrected chi connectivity index (χ4v) is 6.55. The number of non-ortho nitro benzene ring substituents is 1. The van der Waals surface area contributed by atoms with Gasteiger partial charge in [-0.15, -0.1) is 0 Å². The molecule has 0 radical (unpaired) electrons. The van der Waals surface area contributed by atoms with Gasteiger partial charge in [-0.3, -0.25) is 19.5 Å². The molecule has 0 bridgehead atoms. The lowest BCUT2D eigenvalue weighted by atomic mass is 9.95. The molecule has 0 N–H and O–H groups in total. The summed E-state index contributed by atoms with van der Waals surface area (Å²) in [5.74, 6) is 1.01. The highest BCUT2D eigenvalue weighted by Crippen LogP contribution is 2.41. The third-order valence-corrected chi connectivity index (χ3v) is 8.79. The van der Waals surface area contributed by atoms with Crippen LogP contribution >= 0.6 is 27.3 Å². The van der Waals surface area contributed by atoms with Gasteiger partial charge in [-0.25, -0.2) is 9.79 Å². The van der Waals surface area contributed by atoms with Crippen molar-refractivity contribution in [3.63, 3.8) is 0 Å². The number of hydrogen-bond donors (Lipinski definition) is 0. The summed E-state index contributed by atoms with van der Waals surface area (Å²) in [5, 5.41) is 10.9. The fourth-order valence-electron chi connectivity index (χ4n) is 4.97. The summed E-state index contributed by atoms with van der Waals surface area (Å²) >= 11 is 4.85. The van der Waals surface area contributed by atoms with Crippen molar-refractivity contribution in [1.82, 2.24) is 4.57 Å². The molecule has 46 heavy (non-hydrogen) atoms. The Morgan fingerprint density at radius 3 is 2.41 bits per heavy atom. The average molecular weight is 709 g/mol. The Hall–Kier alpha value is -4.75. The molecule has 1 aliphatic heterocycles. The van der Waals surface area contributed by atoms with Gasteiger partial charge in [0.15, 0.2) is 16.3 Å². The maximum atomic E-state index is 14.0. The van der Waals surface area contributed by atoms with Gasteiger partial charge in [-0.1, -0.05) is 39.4 Å². The minimum Gasteiger partial charge on any atom is -0.493 e. The molecule has 1 atom stereocenters. The van der Waals surface area contributed by atoms with Crippen LogP contribution in [0, 0.1) is 10.1 Å². The second kappa shape index (κ2) is 14.1. The molecule has 0 aliphatic carbocycles. The van der Waals surface area contributed by atoms with Gasteiger partial charge in [0.05, 0.1) is 47.1 Å². The second-order valence-electron chi connectivity index (χ2n) is 10.0. The van der Waals surface area contributed by atoms with Crippen LogP contribution in [-0.4, -0.2) is 35.8 Å². The lowest BCUT2D eigenvalue weighted by Gasteiger charge is -2.26. The normalized spacial score (nSPS) is 14.4. The highest BCUT2D eigenvalue weighted by atomic mass is 79.9. The molecule has 4 aromatic rings. The number of nitro groups is 1. The van der Waals surface area contributed by atoms with Crippen LogP contribution in [0.4, 0.5) is 5.69 Å². The van der Waals surface area contributed by atoms with E-state index in [1.807, 2.05) is 19.1 Å². The molecule has 5 rings (SSSR count). The summed E-state index contributed by atoms with van der Waals surface area (Å²) in [6.07, 6.45) is 1.76. The summed E-state index contributed by atoms with van der Waals surface area (Å²) in [6, 6.07) is 16.1. The van der Waals surface area contributed by atoms with E-state index in [9.17, 15) is 19.7 Å². The number of fused-ring (bicyclic) bond motifs is 1. The summed E-state index contributed by atoms with van der Waals surface area (Å²) in [5.41, 5.74) is 2.56. The molecule has 0 spiro atoms. The molecule has 1 aromatic heterocycles. The number of ether oxygens (including phenoxy) is 4. The van der Waals surface area contributed by atoms with Gasteiger partial charge in [-0.2, -0.15) is 0 Å². The van der Waals surface area contributed by atoms with Crippen LogP contribution < -0.4 is 29.1 Å². The van der Waals surface area contributed by atoms with Crippen LogP contribution in [-0.2, 0) is 16.1 Å². The van der Waals surface area contributed by atoms with Crippen molar-refractivity contribution in [3.05, 3.63) is 123 Å². The first-order valence-electron chi connectivity index (χ1n) is 14.3. The zero-order chi connectivity index (χ0) is 33.0. The first-order chi connectivity index (χ1) is 22.1. The number of carbonyl (C=O) groups is 1. The molecule has 238 valence electrons. The van der Waals surface area contributed by atoms with Crippen LogP contribution in [0.5, 0.6) is 17.2 Å². The molecule has 0 unspecified atom stereocenters. The van der Waals surface area contributed by atoms with Crippen molar-refractivity contribution < 1.29 is 28.7 Å². The highest BCUT2D eigenvalue weighted by Gasteiger charge is 2.35. The largest absolute Gasteiger partial charge is 0.493 e. The summed E-state index contributed by atoms with van der Waals surface area (Å²) in [7, 11) is 1.53. The number of nitrogens with zero attached hydrogens (tertiary/aromatic N) is 3. The predicted molar refractivity (Wildman–Crippen MR) is 176 cm³/mol. The van der Waals surface area contributed by atoms with E-state index in [1.165, 1.54) is 35.1 Å². The van der Waals surface area contributed by atoms with E-state index in [4.69, 9.17) is 18.9 Å². The molecule has 0 saturated heterocycles. The van der Waals surface area contributed by atoms with Gasteiger partial charge in [0.25, 0.3) is 11.2 Å². The van der Waals surface area contributed by atoms with Gasteiger partial charge < -0.3 is 18.9 Å². The van der Waals surface area contributed by atoms with Gasteiger partial charge >= 0.3 is 5.97 Å². The molecule has 1 aliphatic rings. The number of hydrogen-bond acceptors (Lipinski definition) is 10. The molecule has 2 heterocycles. The Morgan fingerprint density at radius 1 is 1.07 bits per heavy atom.